The van der Waals surface area contributed by atoms with Crippen molar-refractivity contribution >= 4 is 11.2 Å². The molecule has 2 heterocycles. The number of nitrogens with one attached hydrogen (secondary N) is 2. The van der Waals surface area contributed by atoms with Crippen LogP contribution in [0.2, 0.25) is 0 Å². The maximum atomic E-state index is 7.88. The first-order valence-electron chi connectivity index (χ1n) is 4.61. The van der Waals surface area contributed by atoms with Gasteiger partial charge in [0, 0.05) is 13.1 Å². The quantitative estimate of drug-likeness (QED) is 0.601. The summed E-state index contributed by atoms with van der Waals surface area (Å²) < 4.78 is 1.71. The topological polar surface area (TPSA) is 96.4 Å². The molecule has 0 saturated carbocycles. The monoisotopic (exact) mass is 204 g/mol. The molecule has 0 spiro atoms. The molecule has 0 amide bonds. The van der Waals surface area contributed by atoms with E-state index in [2.05, 4.69) is 15.0 Å². The van der Waals surface area contributed by atoms with Gasteiger partial charge in [0.25, 0.3) is 0 Å². The van der Waals surface area contributed by atoms with Crippen LogP contribution in [0.3, 0.4) is 0 Å². The lowest BCUT2D eigenvalue weighted by Crippen LogP contribution is -2.20. The van der Waals surface area contributed by atoms with Crippen LogP contribution in [0, 0.1) is 5.41 Å². The number of imidazole rings is 1. The van der Waals surface area contributed by atoms with Gasteiger partial charge in [-0.1, -0.05) is 12.2 Å². The number of fused-ring (bicyclic) bond motifs is 1. The third-order valence-electron chi connectivity index (χ3n) is 2.07. The van der Waals surface area contributed by atoms with Crippen LogP contribution in [0.25, 0.3) is 11.2 Å². The molecule has 0 aliphatic rings. The highest BCUT2D eigenvalue weighted by Crippen LogP contribution is 1.97. The molecule has 0 unspecified atom stereocenters. The minimum atomic E-state index is 0.374. The summed E-state index contributed by atoms with van der Waals surface area (Å²) in [6.45, 7) is 1.10. The van der Waals surface area contributed by atoms with E-state index in [-0.39, 0.29) is 0 Å². The van der Waals surface area contributed by atoms with Gasteiger partial charge < -0.3 is 15.3 Å². The SMILES string of the molecule is N=c1c2[nH]cnc2ncn1C/C=C\CN. The van der Waals surface area contributed by atoms with Crippen LogP contribution in [0.1, 0.15) is 0 Å². The highest BCUT2D eigenvalue weighted by atomic mass is 15.1. The van der Waals surface area contributed by atoms with Crippen molar-refractivity contribution in [2.24, 2.45) is 5.73 Å². The Morgan fingerprint density at radius 1 is 1.47 bits per heavy atom. The van der Waals surface area contributed by atoms with Crippen molar-refractivity contribution < 1.29 is 0 Å². The lowest BCUT2D eigenvalue weighted by atomic mass is 10.4. The molecule has 4 N–H and O–H groups in total. The predicted octanol–water partition coefficient (Wildman–Crippen LogP) is -0.246. The molecule has 6 nitrogen and oxygen atoms in total. The molecule has 0 aromatic carbocycles. The largest absolute Gasteiger partial charge is 0.340 e. The van der Waals surface area contributed by atoms with E-state index < -0.39 is 0 Å². The third-order valence-corrected chi connectivity index (χ3v) is 2.07. The zero-order valence-corrected chi connectivity index (χ0v) is 8.14. The first kappa shape index (κ1) is 9.60. The van der Waals surface area contributed by atoms with Crippen molar-refractivity contribution in [3.63, 3.8) is 0 Å². The Bertz CT molecular complexity index is 535. The number of rotatable bonds is 3. The molecular weight excluding hydrogens is 192 g/mol. The van der Waals surface area contributed by atoms with E-state index in [4.69, 9.17) is 11.1 Å². The van der Waals surface area contributed by atoms with Gasteiger partial charge in [-0.2, -0.15) is 0 Å². The van der Waals surface area contributed by atoms with Crippen molar-refractivity contribution in [3.8, 4) is 0 Å². The molecule has 2 rings (SSSR count). The second-order valence-corrected chi connectivity index (χ2v) is 3.05. The highest BCUT2D eigenvalue weighted by Gasteiger charge is 2.00. The van der Waals surface area contributed by atoms with Crippen LogP contribution in [-0.2, 0) is 6.54 Å². The zero-order chi connectivity index (χ0) is 10.7. The van der Waals surface area contributed by atoms with Gasteiger partial charge in [0.2, 0.25) is 0 Å². The van der Waals surface area contributed by atoms with Crippen molar-refractivity contribution in [3.05, 3.63) is 30.3 Å². The lowest BCUT2D eigenvalue weighted by molar-refractivity contribution is 0.735. The molecular formula is C9H12N6. The van der Waals surface area contributed by atoms with Crippen molar-refractivity contribution in [2.45, 2.75) is 6.54 Å². The second-order valence-electron chi connectivity index (χ2n) is 3.05. The number of aromatic amines is 1. The Hall–Kier alpha value is -1.95. The average Bonchev–Trinajstić information content (AvgIpc) is 2.70. The predicted molar refractivity (Wildman–Crippen MR) is 55.9 cm³/mol. The highest BCUT2D eigenvalue weighted by molar-refractivity contribution is 5.67. The molecule has 0 atom stereocenters. The Morgan fingerprint density at radius 2 is 2.33 bits per heavy atom. The number of aromatic nitrogens is 4. The molecule has 15 heavy (non-hydrogen) atoms. The number of nitrogens with two attached hydrogens (primary N) is 1. The summed E-state index contributed by atoms with van der Waals surface area (Å²) in [5, 5.41) is 7.88. The maximum absolute atomic E-state index is 7.88. The molecule has 0 fully saturated rings. The number of nitrogens with zero attached hydrogens (tertiary/aromatic N) is 3. The van der Waals surface area contributed by atoms with E-state index in [1.165, 1.54) is 6.33 Å². The molecule has 0 radical (unpaired) electrons. The van der Waals surface area contributed by atoms with E-state index in [9.17, 15) is 0 Å². The Balaban J connectivity index is 2.40. The Kier molecular flexibility index (Phi) is 2.59. The Labute approximate surface area is 86.0 Å². The average molecular weight is 204 g/mol. The summed E-state index contributed by atoms with van der Waals surface area (Å²) >= 11 is 0. The first-order valence-corrected chi connectivity index (χ1v) is 4.61. The van der Waals surface area contributed by atoms with E-state index in [1.807, 2.05) is 12.2 Å². The van der Waals surface area contributed by atoms with E-state index in [0.717, 1.165) is 0 Å². The zero-order valence-electron chi connectivity index (χ0n) is 8.14. The van der Waals surface area contributed by atoms with Crippen LogP contribution in [0.15, 0.2) is 24.8 Å². The summed E-state index contributed by atoms with van der Waals surface area (Å²) in [4.78, 5) is 11.0. The van der Waals surface area contributed by atoms with Gasteiger partial charge in [0.15, 0.2) is 11.1 Å². The molecule has 78 valence electrons. The molecule has 0 saturated heterocycles. The van der Waals surface area contributed by atoms with Crippen molar-refractivity contribution in [2.75, 3.05) is 6.54 Å². The minimum Gasteiger partial charge on any atom is -0.340 e. The molecule has 6 heteroatoms. The van der Waals surface area contributed by atoms with Crippen LogP contribution in [-0.4, -0.2) is 26.1 Å². The molecule has 0 aliphatic carbocycles. The van der Waals surface area contributed by atoms with Gasteiger partial charge in [-0.25, -0.2) is 9.97 Å². The smallest absolute Gasteiger partial charge is 0.182 e. The standard InChI is InChI=1S/C9H12N6/c10-3-1-2-4-15-6-14-9-7(8(15)11)12-5-13-9/h1-2,5-6,11H,3-4,10H2,(H,12,13)/b2-1-,11-8?. The van der Waals surface area contributed by atoms with E-state index in [0.29, 0.717) is 29.7 Å². The van der Waals surface area contributed by atoms with E-state index >= 15 is 0 Å². The molecule has 2 aromatic rings. The van der Waals surface area contributed by atoms with Crippen LogP contribution in [0.5, 0.6) is 0 Å². The second kappa shape index (κ2) is 4.05. The van der Waals surface area contributed by atoms with Gasteiger partial charge in [0.05, 0.1) is 12.7 Å². The fourth-order valence-electron chi connectivity index (χ4n) is 1.31. The maximum Gasteiger partial charge on any atom is 0.182 e. The lowest BCUT2D eigenvalue weighted by Gasteiger charge is -2.01. The van der Waals surface area contributed by atoms with Crippen LogP contribution >= 0.6 is 0 Å². The fourth-order valence-corrected chi connectivity index (χ4v) is 1.31. The summed E-state index contributed by atoms with van der Waals surface area (Å²) in [5.41, 5.74) is 6.92. The van der Waals surface area contributed by atoms with Gasteiger partial charge in [-0.15, -0.1) is 0 Å². The fraction of sp³-hybridized carbons (Fsp3) is 0.222. The summed E-state index contributed by atoms with van der Waals surface area (Å²) in [5.74, 6) is 0. The third kappa shape index (κ3) is 1.79. The Morgan fingerprint density at radius 3 is 3.13 bits per heavy atom. The van der Waals surface area contributed by atoms with Crippen molar-refractivity contribution in [1.82, 2.24) is 19.5 Å². The summed E-state index contributed by atoms with van der Waals surface area (Å²) in [6, 6.07) is 0. The molecule has 2 aromatic heterocycles. The number of allylic oxidation sites excluding steroid dienone is 1. The van der Waals surface area contributed by atoms with Gasteiger partial charge in [0.1, 0.15) is 5.52 Å². The van der Waals surface area contributed by atoms with Crippen LogP contribution in [0.4, 0.5) is 0 Å². The molecule has 0 bridgehead atoms. The normalized spacial score (nSPS) is 11.5. The molecule has 0 aliphatic heterocycles. The minimum absolute atomic E-state index is 0.374. The van der Waals surface area contributed by atoms with Crippen LogP contribution < -0.4 is 11.2 Å². The number of H-pyrrole nitrogens is 1. The van der Waals surface area contributed by atoms with Gasteiger partial charge in [-0.05, 0) is 0 Å². The van der Waals surface area contributed by atoms with Crippen molar-refractivity contribution in [1.29, 1.82) is 5.41 Å². The first-order chi connectivity index (χ1) is 7.33. The number of hydrogen-bond acceptors (Lipinski definition) is 4. The summed E-state index contributed by atoms with van der Waals surface area (Å²) in [7, 11) is 0. The number of hydrogen-bond donors (Lipinski definition) is 3. The van der Waals surface area contributed by atoms with E-state index in [1.54, 1.807) is 10.9 Å². The van der Waals surface area contributed by atoms with Gasteiger partial charge >= 0.3 is 0 Å². The van der Waals surface area contributed by atoms with Gasteiger partial charge in [-0.3, -0.25) is 5.41 Å². The summed E-state index contributed by atoms with van der Waals surface area (Å²) in [6.07, 6.45) is 6.90.